The molecule has 1 saturated heterocycles. The summed E-state index contributed by atoms with van der Waals surface area (Å²) >= 11 is 0.709. The summed E-state index contributed by atoms with van der Waals surface area (Å²) in [6.07, 6.45) is 3.97. The molecule has 1 N–H and O–H groups in total. The number of nitrogens with zero attached hydrogens (tertiary/aromatic N) is 5. The van der Waals surface area contributed by atoms with Gasteiger partial charge in [-0.05, 0) is 23.9 Å². The highest BCUT2D eigenvalue weighted by molar-refractivity contribution is 8.18. The third-order valence-corrected chi connectivity index (χ3v) is 5.66. The van der Waals surface area contributed by atoms with Crippen molar-refractivity contribution in [1.82, 2.24) is 29.5 Å². The number of imide groups is 1. The lowest BCUT2D eigenvalue weighted by Gasteiger charge is -2.13. The summed E-state index contributed by atoms with van der Waals surface area (Å²) in [5, 5.41) is 6.33. The van der Waals surface area contributed by atoms with Crippen LogP contribution in [0.25, 0.3) is 17.1 Å². The first-order valence-corrected chi connectivity index (χ1v) is 10.3. The molecule has 3 aromatic rings. The van der Waals surface area contributed by atoms with E-state index >= 15 is 0 Å². The lowest BCUT2D eigenvalue weighted by molar-refractivity contribution is -0.124. The monoisotopic (exact) mass is 456 g/mol. The van der Waals surface area contributed by atoms with Gasteiger partial charge in [0.1, 0.15) is 24.1 Å². The summed E-state index contributed by atoms with van der Waals surface area (Å²) in [7, 11) is 1.65. The Morgan fingerprint density at radius 3 is 2.81 bits per heavy atom. The molecule has 1 fully saturated rings. The summed E-state index contributed by atoms with van der Waals surface area (Å²) in [5.41, 5.74) is 0.216. The largest absolute Gasteiger partial charge is 0.353 e. The van der Waals surface area contributed by atoms with Crippen molar-refractivity contribution in [2.24, 2.45) is 7.05 Å². The van der Waals surface area contributed by atoms with Gasteiger partial charge in [0.25, 0.3) is 16.7 Å². The smallest absolute Gasteiger partial charge is 0.293 e. The normalized spacial score (nSPS) is 15.2. The summed E-state index contributed by atoms with van der Waals surface area (Å²) in [6, 6.07) is 5.92. The minimum atomic E-state index is -0.556. The highest BCUT2D eigenvalue weighted by Crippen LogP contribution is 2.32. The SMILES string of the molecule is Cn1ncc2c(=O)n(CC(=O)NCCN3C(=O)S/C(=C\c4ccccc4F)C3=O)cnc21. The standard InChI is InChI=1S/C20H17FN6O4S/c1-25-17-13(9-24-25)18(29)26(11-23-17)10-16(28)22-6-7-27-19(30)15(32-20(27)31)8-12-4-2-3-5-14(12)21/h2-5,8-9,11H,6-7,10H2,1H3,(H,22,28)/b15-8-. The van der Waals surface area contributed by atoms with Gasteiger partial charge in [-0.25, -0.2) is 9.37 Å². The minimum absolute atomic E-state index is 0.00116. The second kappa shape index (κ2) is 8.75. The number of fused-ring (bicyclic) bond motifs is 1. The van der Waals surface area contributed by atoms with Crippen LogP contribution >= 0.6 is 11.8 Å². The number of hydrogen-bond donors (Lipinski definition) is 1. The molecule has 0 saturated carbocycles. The van der Waals surface area contributed by atoms with Gasteiger partial charge in [-0.1, -0.05) is 18.2 Å². The number of aryl methyl sites for hydroxylation is 1. The first-order chi connectivity index (χ1) is 15.3. The van der Waals surface area contributed by atoms with E-state index in [1.165, 1.54) is 41.5 Å². The zero-order valence-electron chi connectivity index (χ0n) is 16.8. The van der Waals surface area contributed by atoms with Crippen LogP contribution in [0.1, 0.15) is 5.56 Å². The van der Waals surface area contributed by atoms with Crippen LogP contribution in [-0.4, -0.2) is 54.4 Å². The molecule has 12 heteroatoms. The van der Waals surface area contributed by atoms with E-state index in [9.17, 15) is 23.6 Å². The zero-order chi connectivity index (χ0) is 22.8. The first kappa shape index (κ1) is 21.4. The van der Waals surface area contributed by atoms with Crippen LogP contribution in [0.4, 0.5) is 9.18 Å². The second-order valence-electron chi connectivity index (χ2n) is 6.89. The molecule has 1 aromatic carbocycles. The van der Waals surface area contributed by atoms with Crippen LogP contribution in [-0.2, 0) is 23.2 Å². The first-order valence-electron chi connectivity index (χ1n) is 9.49. The maximum Gasteiger partial charge on any atom is 0.293 e. The van der Waals surface area contributed by atoms with Crippen molar-refractivity contribution in [3.05, 3.63) is 63.4 Å². The average molecular weight is 456 g/mol. The van der Waals surface area contributed by atoms with Crippen LogP contribution in [0, 0.1) is 5.82 Å². The van der Waals surface area contributed by atoms with E-state index in [2.05, 4.69) is 15.4 Å². The molecule has 1 aliphatic heterocycles. The van der Waals surface area contributed by atoms with Gasteiger partial charge < -0.3 is 5.32 Å². The topological polar surface area (TPSA) is 119 Å². The Bertz CT molecular complexity index is 1330. The Morgan fingerprint density at radius 2 is 2.03 bits per heavy atom. The number of carbonyl (C=O) groups excluding carboxylic acids is 3. The number of benzene rings is 1. The highest BCUT2D eigenvalue weighted by atomic mass is 32.2. The Balaban J connectivity index is 1.35. The summed E-state index contributed by atoms with van der Waals surface area (Å²) in [6.45, 7) is -0.327. The number of aromatic nitrogens is 4. The van der Waals surface area contributed by atoms with Crippen LogP contribution in [0.15, 0.2) is 46.5 Å². The maximum atomic E-state index is 13.8. The molecule has 4 rings (SSSR count). The molecule has 164 valence electrons. The van der Waals surface area contributed by atoms with Gasteiger partial charge in [0.2, 0.25) is 5.91 Å². The van der Waals surface area contributed by atoms with Gasteiger partial charge in [-0.2, -0.15) is 5.10 Å². The molecule has 0 radical (unpaired) electrons. The van der Waals surface area contributed by atoms with Crippen molar-refractivity contribution in [2.75, 3.05) is 13.1 Å². The quantitative estimate of drug-likeness (QED) is 0.552. The lowest BCUT2D eigenvalue weighted by Crippen LogP contribution is -2.39. The van der Waals surface area contributed by atoms with Gasteiger partial charge in [0, 0.05) is 25.7 Å². The molecule has 0 aliphatic carbocycles. The molecule has 1 aliphatic rings. The van der Waals surface area contributed by atoms with Crippen LogP contribution in [0.5, 0.6) is 0 Å². The number of rotatable bonds is 6. The Hall–Kier alpha value is -3.80. The third-order valence-electron chi connectivity index (χ3n) is 4.76. The third kappa shape index (κ3) is 4.17. The van der Waals surface area contributed by atoms with Crippen LogP contribution < -0.4 is 10.9 Å². The number of nitrogens with one attached hydrogen (secondary N) is 1. The van der Waals surface area contributed by atoms with Gasteiger partial charge in [0.15, 0.2) is 5.65 Å². The number of thioether (sulfide) groups is 1. The van der Waals surface area contributed by atoms with Crippen molar-refractivity contribution in [3.8, 4) is 0 Å². The fourth-order valence-corrected chi connectivity index (χ4v) is 3.98. The van der Waals surface area contributed by atoms with E-state index in [4.69, 9.17) is 0 Å². The Kier molecular flexibility index (Phi) is 5.86. The van der Waals surface area contributed by atoms with E-state index in [1.54, 1.807) is 13.1 Å². The van der Waals surface area contributed by atoms with E-state index in [1.807, 2.05) is 0 Å². The Labute approximate surface area is 184 Å². The van der Waals surface area contributed by atoms with Crippen molar-refractivity contribution in [1.29, 1.82) is 0 Å². The second-order valence-corrected chi connectivity index (χ2v) is 7.88. The molecular formula is C20H17FN6O4S. The van der Waals surface area contributed by atoms with E-state index in [0.29, 0.717) is 22.8 Å². The van der Waals surface area contributed by atoms with Crippen molar-refractivity contribution in [3.63, 3.8) is 0 Å². The van der Waals surface area contributed by atoms with Crippen molar-refractivity contribution < 1.29 is 18.8 Å². The number of halogens is 1. The molecule has 0 bridgehead atoms. The fraction of sp³-hybridized carbons (Fsp3) is 0.200. The van der Waals surface area contributed by atoms with Gasteiger partial charge >= 0.3 is 0 Å². The Morgan fingerprint density at radius 1 is 1.25 bits per heavy atom. The van der Waals surface area contributed by atoms with Gasteiger partial charge in [0.05, 0.1) is 11.1 Å². The van der Waals surface area contributed by atoms with Crippen molar-refractivity contribution in [2.45, 2.75) is 6.54 Å². The van der Waals surface area contributed by atoms with E-state index in [-0.39, 0.29) is 30.1 Å². The zero-order valence-corrected chi connectivity index (χ0v) is 17.6. The van der Waals surface area contributed by atoms with Gasteiger partial charge in [-0.15, -0.1) is 0 Å². The number of amides is 3. The average Bonchev–Trinajstić information content (AvgIpc) is 3.26. The fourth-order valence-electron chi connectivity index (χ4n) is 3.12. The molecule has 32 heavy (non-hydrogen) atoms. The van der Waals surface area contributed by atoms with Gasteiger partial charge in [-0.3, -0.25) is 33.3 Å². The van der Waals surface area contributed by atoms with E-state index < -0.39 is 28.4 Å². The predicted molar refractivity (Wildman–Crippen MR) is 115 cm³/mol. The minimum Gasteiger partial charge on any atom is -0.353 e. The highest BCUT2D eigenvalue weighted by Gasteiger charge is 2.34. The lowest BCUT2D eigenvalue weighted by atomic mass is 10.2. The molecule has 2 aromatic heterocycles. The molecule has 10 nitrogen and oxygen atoms in total. The molecule has 3 heterocycles. The molecule has 0 spiro atoms. The van der Waals surface area contributed by atoms with Crippen LogP contribution in [0.3, 0.4) is 0 Å². The summed E-state index contributed by atoms with van der Waals surface area (Å²) < 4.78 is 16.4. The predicted octanol–water partition coefficient (Wildman–Crippen LogP) is 1.12. The molecule has 3 amide bonds. The number of hydrogen-bond acceptors (Lipinski definition) is 7. The summed E-state index contributed by atoms with van der Waals surface area (Å²) in [5.74, 6) is -1.54. The molecule has 0 atom stereocenters. The number of carbonyl (C=O) groups is 3. The molecule has 0 unspecified atom stereocenters. The van der Waals surface area contributed by atoms with Crippen molar-refractivity contribution >= 4 is 45.9 Å². The summed E-state index contributed by atoms with van der Waals surface area (Å²) in [4.78, 5) is 54.5. The maximum absolute atomic E-state index is 13.8. The van der Waals surface area contributed by atoms with E-state index in [0.717, 1.165) is 9.47 Å². The van der Waals surface area contributed by atoms with Crippen LogP contribution in [0.2, 0.25) is 0 Å². The molecular weight excluding hydrogens is 439 g/mol.